The van der Waals surface area contributed by atoms with Gasteiger partial charge in [-0.05, 0) is 5.92 Å². The molecule has 0 rings (SSSR count). The number of nitrogens with zero attached hydrogens (tertiary/aromatic N) is 1. The zero-order valence-corrected chi connectivity index (χ0v) is 7.63. The van der Waals surface area contributed by atoms with Gasteiger partial charge < -0.3 is 4.90 Å². The number of rotatable bonds is 4. The molecule has 0 saturated heterocycles. The highest BCUT2D eigenvalue weighted by molar-refractivity contribution is 5.73. The molecule has 0 atom stereocenters. The summed E-state index contributed by atoms with van der Waals surface area (Å²) >= 11 is 0. The molecule has 0 aliphatic rings. The van der Waals surface area contributed by atoms with Gasteiger partial charge in [0.15, 0.2) is 0 Å². The lowest BCUT2D eigenvalue weighted by Crippen LogP contribution is -2.32. The maximum atomic E-state index is 10.9. The molecule has 0 saturated carbocycles. The Hall–Kier alpha value is -0.790. The Morgan fingerprint density at radius 3 is 2.45 bits per heavy atom. The summed E-state index contributed by atoms with van der Waals surface area (Å²) in [5, 5.41) is 0. The third-order valence-electron chi connectivity index (χ3n) is 1.38. The van der Waals surface area contributed by atoms with Crippen molar-refractivity contribution in [2.75, 3.05) is 13.1 Å². The molecule has 64 valence electrons. The van der Waals surface area contributed by atoms with E-state index >= 15 is 0 Å². The average molecular weight is 155 g/mol. The standard InChI is InChI=1S/C9H17NO/c1-5-6-10(9(4)11)7-8(2)3/h5,8H,1,6-7H2,2-4H3. The van der Waals surface area contributed by atoms with Crippen molar-refractivity contribution in [1.82, 2.24) is 4.90 Å². The van der Waals surface area contributed by atoms with Gasteiger partial charge in [-0.3, -0.25) is 4.79 Å². The number of hydrogen-bond acceptors (Lipinski definition) is 1. The number of carbonyl (C=O) groups excluding carboxylic acids is 1. The Labute approximate surface area is 68.9 Å². The van der Waals surface area contributed by atoms with E-state index < -0.39 is 0 Å². The molecule has 0 aromatic carbocycles. The smallest absolute Gasteiger partial charge is 0.219 e. The zero-order chi connectivity index (χ0) is 8.85. The quantitative estimate of drug-likeness (QED) is 0.566. The molecule has 0 fully saturated rings. The molecule has 0 aromatic rings. The van der Waals surface area contributed by atoms with Gasteiger partial charge in [0, 0.05) is 20.0 Å². The second-order valence-electron chi connectivity index (χ2n) is 3.11. The van der Waals surface area contributed by atoms with E-state index in [1.165, 1.54) is 0 Å². The normalized spacial score (nSPS) is 9.82. The molecule has 0 radical (unpaired) electrons. The van der Waals surface area contributed by atoms with Crippen molar-refractivity contribution in [2.45, 2.75) is 20.8 Å². The van der Waals surface area contributed by atoms with E-state index in [-0.39, 0.29) is 5.91 Å². The van der Waals surface area contributed by atoms with Crippen molar-refractivity contribution < 1.29 is 4.79 Å². The van der Waals surface area contributed by atoms with Crippen LogP contribution in [0, 0.1) is 5.92 Å². The summed E-state index contributed by atoms with van der Waals surface area (Å²) in [5.41, 5.74) is 0. The Balaban J connectivity index is 3.88. The molecule has 2 nitrogen and oxygen atoms in total. The van der Waals surface area contributed by atoms with E-state index in [0.29, 0.717) is 12.5 Å². The number of carbonyl (C=O) groups is 1. The largest absolute Gasteiger partial charge is 0.339 e. The first-order valence-corrected chi connectivity index (χ1v) is 3.94. The number of amides is 1. The van der Waals surface area contributed by atoms with E-state index in [1.54, 1.807) is 17.9 Å². The van der Waals surface area contributed by atoms with Gasteiger partial charge >= 0.3 is 0 Å². The molecule has 0 aliphatic carbocycles. The van der Waals surface area contributed by atoms with Crippen molar-refractivity contribution in [2.24, 2.45) is 5.92 Å². The van der Waals surface area contributed by atoms with Crippen LogP contribution in [0.2, 0.25) is 0 Å². The van der Waals surface area contributed by atoms with Gasteiger partial charge in [0.05, 0.1) is 0 Å². The van der Waals surface area contributed by atoms with Gasteiger partial charge in [0.25, 0.3) is 0 Å². The van der Waals surface area contributed by atoms with Gasteiger partial charge in [-0.25, -0.2) is 0 Å². The lowest BCUT2D eigenvalue weighted by Gasteiger charge is -2.20. The first kappa shape index (κ1) is 10.2. The predicted octanol–water partition coefficient (Wildman–Crippen LogP) is 1.68. The Morgan fingerprint density at radius 1 is 1.64 bits per heavy atom. The summed E-state index contributed by atoms with van der Waals surface area (Å²) < 4.78 is 0. The third-order valence-corrected chi connectivity index (χ3v) is 1.38. The first-order valence-electron chi connectivity index (χ1n) is 3.94. The number of hydrogen-bond donors (Lipinski definition) is 0. The molecular weight excluding hydrogens is 138 g/mol. The highest BCUT2D eigenvalue weighted by Crippen LogP contribution is 1.98. The van der Waals surface area contributed by atoms with Gasteiger partial charge in [-0.1, -0.05) is 19.9 Å². The zero-order valence-electron chi connectivity index (χ0n) is 7.63. The minimum atomic E-state index is 0.124. The van der Waals surface area contributed by atoms with E-state index in [9.17, 15) is 4.79 Å². The van der Waals surface area contributed by atoms with Gasteiger partial charge in [-0.15, -0.1) is 6.58 Å². The van der Waals surface area contributed by atoms with Gasteiger partial charge in [0.2, 0.25) is 5.91 Å². The maximum Gasteiger partial charge on any atom is 0.219 e. The van der Waals surface area contributed by atoms with E-state index in [2.05, 4.69) is 20.4 Å². The summed E-state index contributed by atoms with van der Waals surface area (Å²) in [5.74, 6) is 0.650. The van der Waals surface area contributed by atoms with Crippen molar-refractivity contribution in [3.05, 3.63) is 12.7 Å². The van der Waals surface area contributed by atoms with Crippen LogP contribution in [0.25, 0.3) is 0 Å². The fourth-order valence-corrected chi connectivity index (χ4v) is 0.928. The summed E-state index contributed by atoms with van der Waals surface area (Å²) in [7, 11) is 0. The lowest BCUT2D eigenvalue weighted by atomic mass is 10.2. The third kappa shape index (κ3) is 4.59. The molecule has 0 aliphatic heterocycles. The predicted molar refractivity (Wildman–Crippen MR) is 47.3 cm³/mol. The van der Waals surface area contributed by atoms with Crippen molar-refractivity contribution >= 4 is 5.91 Å². The summed E-state index contributed by atoms with van der Waals surface area (Å²) in [6, 6.07) is 0. The van der Waals surface area contributed by atoms with Crippen LogP contribution >= 0.6 is 0 Å². The topological polar surface area (TPSA) is 20.3 Å². The minimum Gasteiger partial charge on any atom is -0.339 e. The Bertz CT molecular complexity index is 140. The molecule has 0 unspecified atom stereocenters. The second-order valence-corrected chi connectivity index (χ2v) is 3.11. The Morgan fingerprint density at radius 2 is 2.18 bits per heavy atom. The first-order chi connectivity index (χ1) is 5.07. The van der Waals surface area contributed by atoms with Crippen LogP contribution in [-0.4, -0.2) is 23.9 Å². The van der Waals surface area contributed by atoms with Crippen LogP contribution in [0.15, 0.2) is 12.7 Å². The maximum absolute atomic E-state index is 10.9. The molecule has 2 heteroatoms. The van der Waals surface area contributed by atoms with Crippen LogP contribution in [-0.2, 0) is 4.79 Å². The van der Waals surface area contributed by atoms with Crippen molar-refractivity contribution in [3.8, 4) is 0 Å². The van der Waals surface area contributed by atoms with Crippen LogP contribution in [0.1, 0.15) is 20.8 Å². The molecule has 0 bridgehead atoms. The molecule has 0 spiro atoms. The van der Waals surface area contributed by atoms with Crippen LogP contribution < -0.4 is 0 Å². The average Bonchev–Trinajstić information content (AvgIpc) is 1.86. The summed E-state index contributed by atoms with van der Waals surface area (Å²) in [6.45, 7) is 10.9. The second kappa shape index (κ2) is 4.94. The molecule has 11 heavy (non-hydrogen) atoms. The molecule has 0 heterocycles. The molecule has 0 N–H and O–H groups in total. The monoisotopic (exact) mass is 155 g/mol. The van der Waals surface area contributed by atoms with Gasteiger partial charge in [0.1, 0.15) is 0 Å². The highest BCUT2D eigenvalue weighted by atomic mass is 16.2. The van der Waals surface area contributed by atoms with E-state index in [0.717, 1.165) is 6.54 Å². The van der Waals surface area contributed by atoms with E-state index in [4.69, 9.17) is 0 Å². The highest BCUT2D eigenvalue weighted by Gasteiger charge is 2.07. The minimum absolute atomic E-state index is 0.124. The summed E-state index contributed by atoms with van der Waals surface area (Å²) in [6.07, 6.45) is 1.75. The van der Waals surface area contributed by atoms with Crippen LogP contribution in [0.5, 0.6) is 0 Å². The van der Waals surface area contributed by atoms with Crippen LogP contribution in [0.3, 0.4) is 0 Å². The molecule has 0 aromatic heterocycles. The fourth-order valence-electron chi connectivity index (χ4n) is 0.928. The lowest BCUT2D eigenvalue weighted by molar-refractivity contribution is -0.128. The molecule has 1 amide bonds. The van der Waals surface area contributed by atoms with Crippen LogP contribution in [0.4, 0.5) is 0 Å². The SMILES string of the molecule is C=CCN(CC(C)C)C(C)=O. The molecular formula is C9H17NO. The van der Waals surface area contributed by atoms with Crippen molar-refractivity contribution in [1.29, 1.82) is 0 Å². The van der Waals surface area contributed by atoms with E-state index in [1.807, 2.05) is 0 Å². The Kier molecular flexibility index (Phi) is 4.59. The van der Waals surface area contributed by atoms with Crippen molar-refractivity contribution in [3.63, 3.8) is 0 Å². The summed E-state index contributed by atoms with van der Waals surface area (Å²) in [4.78, 5) is 12.7. The fraction of sp³-hybridized carbons (Fsp3) is 0.667. The van der Waals surface area contributed by atoms with Gasteiger partial charge in [-0.2, -0.15) is 0 Å².